The lowest BCUT2D eigenvalue weighted by atomic mass is 10.0. The fourth-order valence-electron chi connectivity index (χ4n) is 3.42. The van der Waals surface area contributed by atoms with Crippen LogP contribution in [0.15, 0.2) is 47.8 Å². The van der Waals surface area contributed by atoms with E-state index in [9.17, 15) is 4.79 Å². The number of hydrogen-bond acceptors (Lipinski definition) is 6. The van der Waals surface area contributed by atoms with E-state index in [0.717, 1.165) is 29.8 Å². The summed E-state index contributed by atoms with van der Waals surface area (Å²) in [7, 11) is 3.13. The summed E-state index contributed by atoms with van der Waals surface area (Å²) in [6, 6.07) is 13.2. The third-order valence-corrected chi connectivity index (χ3v) is 6.30. The van der Waals surface area contributed by atoms with Gasteiger partial charge in [0.15, 0.2) is 11.5 Å². The van der Waals surface area contributed by atoms with Crippen LogP contribution in [-0.4, -0.2) is 31.6 Å². The summed E-state index contributed by atoms with van der Waals surface area (Å²) in [4.78, 5) is 17.6. The summed E-state index contributed by atoms with van der Waals surface area (Å²) >= 11 is 1.45. The molecule has 0 fully saturated rings. The Hall–Kier alpha value is -2.86. The number of ketones is 1. The van der Waals surface area contributed by atoms with Crippen molar-refractivity contribution in [3.8, 4) is 27.8 Å². The maximum absolute atomic E-state index is 13.1. The van der Waals surface area contributed by atoms with E-state index in [1.807, 2.05) is 30.3 Å². The van der Waals surface area contributed by atoms with Gasteiger partial charge in [-0.25, -0.2) is 4.98 Å². The van der Waals surface area contributed by atoms with E-state index in [1.54, 1.807) is 31.7 Å². The largest absolute Gasteiger partial charge is 0.493 e. The van der Waals surface area contributed by atoms with Crippen molar-refractivity contribution in [1.29, 1.82) is 0 Å². The lowest BCUT2D eigenvalue weighted by Gasteiger charge is -2.17. The minimum atomic E-state index is -0.182. The zero-order valence-corrected chi connectivity index (χ0v) is 19.3. The molecule has 0 saturated carbocycles. The molecular formula is C25H29NO4S. The molecule has 0 saturated heterocycles. The molecule has 0 amide bonds. The van der Waals surface area contributed by atoms with Gasteiger partial charge in [0.05, 0.1) is 20.8 Å². The van der Waals surface area contributed by atoms with Crippen LogP contribution in [0.25, 0.3) is 10.6 Å². The zero-order chi connectivity index (χ0) is 22.2. The van der Waals surface area contributed by atoms with Crippen molar-refractivity contribution < 1.29 is 19.0 Å². The number of rotatable bonds is 11. The molecule has 0 aliphatic heterocycles. The van der Waals surface area contributed by atoms with E-state index in [4.69, 9.17) is 14.2 Å². The van der Waals surface area contributed by atoms with Gasteiger partial charge in [0.2, 0.25) is 11.5 Å². The highest BCUT2D eigenvalue weighted by Crippen LogP contribution is 2.39. The summed E-state index contributed by atoms with van der Waals surface area (Å²) < 4.78 is 17.1. The van der Waals surface area contributed by atoms with Crippen LogP contribution in [0.2, 0.25) is 0 Å². The minimum Gasteiger partial charge on any atom is -0.493 e. The van der Waals surface area contributed by atoms with Gasteiger partial charge in [-0.1, -0.05) is 57.0 Å². The van der Waals surface area contributed by atoms with E-state index >= 15 is 0 Å². The molecule has 1 aromatic heterocycles. The predicted octanol–water partition coefficient (Wildman–Crippen LogP) is 6.26. The maximum Gasteiger partial charge on any atom is 0.212 e. The highest BCUT2D eigenvalue weighted by molar-refractivity contribution is 7.13. The zero-order valence-electron chi connectivity index (χ0n) is 18.5. The topological polar surface area (TPSA) is 57.7 Å². The number of benzene rings is 2. The van der Waals surface area contributed by atoms with Gasteiger partial charge in [0.25, 0.3) is 0 Å². The molecule has 6 heteroatoms. The smallest absolute Gasteiger partial charge is 0.212 e. The summed E-state index contributed by atoms with van der Waals surface area (Å²) in [5.74, 6) is 1.92. The first kappa shape index (κ1) is 22.8. The number of carbonyl (C=O) groups is 1. The van der Waals surface area contributed by atoms with Crippen LogP contribution in [0.3, 0.4) is 0 Å². The van der Waals surface area contributed by atoms with Crippen LogP contribution in [0.5, 0.6) is 17.2 Å². The van der Waals surface area contributed by atoms with Crippen LogP contribution >= 0.6 is 11.3 Å². The van der Waals surface area contributed by atoms with Gasteiger partial charge < -0.3 is 14.2 Å². The molecule has 0 atom stereocenters. The van der Waals surface area contributed by atoms with Gasteiger partial charge in [0, 0.05) is 16.5 Å². The summed E-state index contributed by atoms with van der Waals surface area (Å²) in [5.41, 5.74) is 1.84. The van der Waals surface area contributed by atoms with Crippen molar-refractivity contribution in [2.75, 3.05) is 20.8 Å². The Morgan fingerprint density at radius 2 is 1.68 bits per heavy atom. The normalized spacial score (nSPS) is 10.9. The van der Waals surface area contributed by atoms with Crippen LogP contribution in [0.4, 0.5) is 0 Å². The molecule has 1 heterocycles. The van der Waals surface area contributed by atoms with Gasteiger partial charge in [-0.3, -0.25) is 4.79 Å². The van der Waals surface area contributed by atoms with E-state index in [0.29, 0.717) is 41.0 Å². The number of methoxy groups -OCH3 is 2. The summed E-state index contributed by atoms with van der Waals surface area (Å²) in [6.07, 6.45) is 3.21. The molecule has 3 rings (SSSR count). The number of thiazole rings is 1. The average Bonchev–Trinajstić information content (AvgIpc) is 3.32. The van der Waals surface area contributed by atoms with Crippen molar-refractivity contribution in [1.82, 2.24) is 4.98 Å². The molecule has 2 aromatic carbocycles. The van der Waals surface area contributed by atoms with Gasteiger partial charge in [-0.05, 0) is 24.5 Å². The average molecular weight is 440 g/mol. The Morgan fingerprint density at radius 1 is 1.03 bits per heavy atom. The van der Waals surface area contributed by atoms with E-state index in [-0.39, 0.29) is 5.78 Å². The third kappa shape index (κ3) is 5.44. The molecular weight excluding hydrogens is 410 g/mol. The Bertz CT molecular complexity index is 971. The maximum atomic E-state index is 13.1. The first-order valence-electron chi connectivity index (χ1n) is 10.6. The van der Waals surface area contributed by atoms with Crippen molar-refractivity contribution in [3.63, 3.8) is 0 Å². The highest BCUT2D eigenvalue weighted by atomic mass is 32.1. The second-order valence-corrected chi connectivity index (χ2v) is 8.12. The molecule has 5 nitrogen and oxygen atoms in total. The van der Waals surface area contributed by atoms with Crippen LogP contribution in [0.1, 0.15) is 49.2 Å². The van der Waals surface area contributed by atoms with Crippen LogP contribution in [0, 0.1) is 5.92 Å². The number of carbonyl (C=O) groups excluding carboxylic acids is 1. The second-order valence-electron chi connectivity index (χ2n) is 7.26. The second kappa shape index (κ2) is 11.0. The quantitative estimate of drug-likeness (QED) is 0.330. The standard InChI is InChI=1S/C25H29NO4S/c1-5-17(6-2)12-13-30-24-21(28-3)14-19(15-22(24)29-4)23(27)20-16-31-25(26-20)18-10-8-7-9-11-18/h7-11,14-17H,5-6,12-13H2,1-4H3. The fourth-order valence-corrected chi connectivity index (χ4v) is 4.22. The SMILES string of the molecule is CCC(CC)CCOc1c(OC)cc(C(=O)c2csc(-c3ccccc3)n2)cc1OC. The first-order valence-corrected chi connectivity index (χ1v) is 11.4. The van der Waals surface area contributed by atoms with E-state index in [2.05, 4.69) is 18.8 Å². The molecule has 0 unspecified atom stereocenters. The first-order chi connectivity index (χ1) is 15.1. The van der Waals surface area contributed by atoms with Crippen LogP contribution < -0.4 is 14.2 Å². The van der Waals surface area contributed by atoms with Crippen molar-refractivity contribution in [2.45, 2.75) is 33.1 Å². The van der Waals surface area contributed by atoms with Gasteiger partial charge >= 0.3 is 0 Å². The molecule has 3 aromatic rings. The number of ether oxygens (including phenoxy) is 3. The number of aromatic nitrogens is 1. The van der Waals surface area contributed by atoms with Crippen molar-refractivity contribution >= 4 is 17.1 Å². The Labute approximate surface area is 188 Å². The molecule has 0 aliphatic rings. The number of nitrogens with zero attached hydrogens (tertiary/aromatic N) is 1. The van der Waals surface area contributed by atoms with Crippen molar-refractivity contribution in [3.05, 3.63) is 59.1 Å². The van der Waals surface area contributed by atoms with Crippen LogP contribution in [-0.2, 0) is 0 Å². The highest BCUT2D eigenvalue weighted by Gasteiger charge is 2.21. The molecule has 0 aliphatic carbocycles. The molecule has 0 bridgehead atoms. The summed E-state index contributed by atoms with van der Waals surface area (Å²) in [5, 5.41) is 2.59. The molecule has 31 heavy (non-hydrogen) atoms. The van der Waals surface area contributed by atoms with Gasteiger partial charge in [-0.15, -0.1) is 11.3 Å². The minimum absolute atomic E-state index is 0.182. The molecule has 164 valence electrons. The van der Waals surface area contributed by atoms with Gasteiger partial charge in [0.1, 0.15) is 10.7 Å². The van der Waals surface area contributed by atoms with Gasteiger partial charge in [-0.2, -0.15) is 0 Å². The Morgan fingerprint density at radius 3 is 2.26 bits per heavy atom. The fraction of sp³-hybridized carbons (Fsp3) is 0.360. The van der Waals surface area contributed by atoms with Crippen molar-refractivity contribution in [2.24, 2.45) is 5.92 Å². The van der Waals surface area contributed by atoms with E-state index < -0.39 is 0 Å². The Balaban J connectivity index is 1.83. The number of hydrogen-bond donors (Lipinski definition) is 0. The molecule has 0 radical (unpaired) electrons. The summed E-state index contributed by atoms with van der Waals surface area (Å²) in [6.45, 7) is 4.95. The molecule has 0 N–H and O–H groups in total. The predicted molar refractivity (Wildman–Crippen MR) is 125 cm³/mol. The molecule has 0 spiro atoms. The lowest BCUT2D eigenvalue weighted by Crippen LogP contribution is -2.08. The monoisotopic (exact) mass is 439 g/mol. The van der Waals surface area contributed by atoms with E-state index in [1.165, 1.54) is 11.3 Å². The third-order valence-electron chi connectivity index (χ3n) is 5.41. The Kier molecular flexibility index (Phi) is 8.06. The lowest BCUT2D eigenvalue weighted by molar-refractivity contribution is 0.103.